The standard InChI is InChI=1S/C29H34F4N4O6S2/c1-3-5-10-23-35-25(44-18-29(32,33)28(30,31)17-38)24(26(39)40)37(23)16-19-11-13-20(14-12-19)21-8-6-7-9-22(21)45(42,43)36-27(41)34-15-4-2/h6-9,11-14,38H,3-5,10,15-18H2,1-2H3,(H,39,40)(H2,34,36,41). The van der Waals surface area contributed by atoms with Crippen molar-refractivity contribution in [3.63, 3.8) is 0 Å². The van der Waals surface area contributed by atoms with Gasteiger partial charge in [-0.15, -0.1) is 0 Å². The van der Waals surface area contributed by atoms with Crippen molar-refractivity contribution in [1.82, 2.24) is 19.6 Å². The SMILES string of the molecule is CCCCc1nc(SCC(F)(F)C(F)(F)CO)c(C(=O)O)n1Cc1ccc(-c2ccccc2S(=O)(=O)NC(=O)NCCC)cc1. The van der Waals surface area contributed by atoms with Gasteiger partial charge in [0.05, 0.1) is 10.6 Å². The van der Waals surface area contributed by atoms with Crippen LogP contribution in [0.4, 0.5) is 22.4 Å². The minimum atomic E-state index is -4.70. The topological polar surface area (TPSA) is 151 Å². The molecule has 2 aromatic carbocycles. The van der Waals surface area contributed by atoms with Crippen LogP contribution in [0.3, 0.4) is 0 Å². The number of carbonyl (C=O) groups excluding carboxylic acids is 1. The first kappa shape index (κ1) is 35.8. The summed E-state index contributed by atoms with van der Waals surface area (Å²) in [5, 5.41) is 20.7. The zero-order chi connectivity index (χ0) is 33.4. The number of halogens is 4. The van der Waals surface area contributed by atoms with E-state index in [1.54, 1.807) is 36.4 Å². The largest absolute Gasteiger partial charge is 0.476 e. The fourth-order valence-corrected chi connectivity index (χ4v) is 6.41. The third-order valence-electron chi connectivity index (χ3n) is 6.64. The van der Waals surface area contributed by atoms with Gasteiger partial charge in [-0.2, -0.15) is 17.6 Å². The van der Waals surface area contributed by atoms with Crippen LogP contribution in [0.15, 0.2) is 58.5 Å². The van der Waals surface area contributed by atoms with E-state index in [-0.39, 0.29) is 40.6 Å². The number of aliphatic hydroxyl groups is 1. The summed E-state index contributed by atoms with van der Waals surface area (Å²) in [6, 6.07) is 11.7. The molecule has 0 radical (unpaired) electrons. The second-order valence-corrected chi connectivity index (χ2v) is 12.7. The Bertz CT molecular complexity index is 1600. The molecule has 0 saturated heterocycles. The fourth-order valence-electron chi connectivity index (χ4n) is 4.22. The number of carboxylic acid groups (broad SMARTS) is 1. The van der Waals surface area contributed by atoms with Crippen molar-refractivity contribution in [3.8, 4) is 11.1 Å². The quantitative estimate of drug-likeness (QED) is 0.117. The molecule has 246 valence electrons. The molecule has 0 aliphatic carbocycles. The van der Waals surface area contributed by atoms with Crippen LogP contribution in [0.5, 0.6) is 0 Å². The summed E-state index contributed by atoms with van der Waals surface area (Å²) in [7, 11) is -4.24. The number of sulfonamides is 1. The molecule has 45 heavy (non-hydrogen) atoms. The molecule has 3 rings (SSSR count). The number of hydrogen-bond donors (Lipinski definition) is 4. The highest BCUT2D eigenvalue weighted by Gasteiger charge is 2.55. The van der Waals surface area contributed by atoms with Gasteiger partial charge in [-0.05, 0) is 30.0 Å². The van der Waals surface area contributed by atoms with Gasteiger partial charge < -0.3 is 20.1 Å². The number of aromatic carboxylic acids is 1. The third kappa shape index (κ3) is 8.76. The Morgan fingerprint density at radius 2 is 1.67 bits per heavy atom. The summed E-state index contributed by atoms with van der Waals surface area (Å²) in [6.07, 6.45) is 2.21. The van der Waals surface area contributed by atoms with E-state index in [4.69, 9.17) is 5.11 Å². The predicted octanol–water partition coefficient (Wildman–Crippen LogP) is 5.39. The summed E-state index contributed by atoms with van der Waals surface area (Å²) >= 11 is 0.170. The highest BCUT2D eigenvalue weighted by molar-refractivity contribution is 7.99. The zero-order valence-corrected chi connectivity index (χ0v) is 26.2. The van der Waals surface area contributed by atoms with Crippen molar-refractivity contribution < 1.29 is 45.8 Å². The molecule has 0 unspecified atom stereocenters. The summed E-state index contributed by atoms with van der Waals surface area (Å²) in [6.45, 7) is 1.87. The summed E-state index contributed by atoms with van der Waals surface area (Å²) in [5.74, 6) is -12.0. The number of benzene rings is 2. The van der Waals surface area contributed by atoms with Crippen LogP contribution in [0.2, 0.25) is 0 Å². The number of rotatable bonds is 16. The Balaban J connectivity index is 1.94. The maximum absolute atomic E-state index is 14.1. The van der Waals surface area contributed by atoms with Gasteiger partial charge in [0.1, 0.15) is 17.5 Å². The van der Waals surface area contributed by atoms with Gasteiger partial charge in [0.25, 0.3) is 10.0 Å². The molecule has 0 bridgehead atoms. The number of thioether (sulfide) groups is 1. The smallest absolute Gasteiger partial charge is 0.355 e. The van der Waals surface area contributed by atoms with Crippen LogP contribution in [-0.4, -0.2) is 70.9 Å². The maximum Gasteiger partial charge on any atom is 0.355 e. The van der Waals surface area contributed by atoms with Crippen LogP contribution < -0.4 is 10.0 Å². The van der Waals surface area contributed by atoms with Crippen molar-refractivity contribution in [2.45, 2.75) is 67.8 Å². The molecule has 1 aromatic heterocycles. The summed E-state index contributed by atoms with van der Waals surface area (Å²) in [5.41, 5.74) is 0.897. The Hall–Kier alpha value is -3.63. The molecule has 10 nitrogen and oxygen atoms in total. The Labute approximate surface area is 262 Å². The number of unbranched alkanes of at least 4 members (excludes halogenated alkanes) is 1. The highest BCUT2D eigenvalue weighted by Crippen LogP contribution is 2.39. The number of imidazole rings is 1. The Kier molecular flexibility index (Phi) is 12.0. The van der Waals surface area contributed by atoms with Gasteiger partial charge in [0.15, 0.2) is 5.69 Å². The van der Waals surface area contributed by atoms with Crippen molar-refractivity contribution in [1.29, 1.82) is 0 Å². The van der Waals surface area contributed by atoms with E-state index in [0.29, 0.717) is 42.4 Å². The molecular weight excluding hydrogens is 640 g/mol. The lowest BCUT2D eigenvalue weighted by atomic mass is 10.0. The molecule has 2 amide bonds. The number of carboxylic acids is 1. The van der Waals surface area contributed by atoms with E-state index in [1.165, 1.54) is 16.7 Å². The molecule has 0 aliphatic heterocycles. The van der Waals surface area contributed by atoms with E-state index in [1.807, 2.05) is 18.6 Å². The number of amides is 2. The van der Waals surface area contributed by atoms with Crippen molar-refractivity contribution >= 4 is 33.8 Å². The van der Waals surface area contributed by atoms with Crippen molar-refractivity contribution in [3.05, 3.63) is 65.6 Å². The summed E-state index contributed by atoms with van der Waals surface area (Å²) < 4.78 is 84.6. The van der Waals surface area contributed by atoms with Gasteiger partial charge >= 0.3 is 23.8 Å². The molecule has 0 spiro atoms. The van der Waals surface area contributed by atoms with Crippen LogP contribution in [0.1, 0.15) is 55.0 Å². The lowest BCUT2D eigenvalue weighted by Crippen LogP contribution is -2.45. The molecule has 0 atom stereocenters. The Morgan fingerprint density at radius 1 is 1.00 bits per heavy atom. The average Bonchev–Trinajstić information content (AvgIpc) is 3.35. The lowest BCUT2D eigenvalue weighted by molar-refractivity contribution is -0.212. The van der Waals surface area contributed by atoms with Gasteiger partial charge in [-0.1, -0.05) is 74.5 Å². The van der Waals surface area contributed by atoms with Gasteiger partial charge in [-0.25, -0.2) is 27.7 Å². The molecule has 0 saturated carbocycles. The summed E-state index contributed by atoms with van der Waals surface area (Å²) in [4.78, 5) is 28.4. The van der Waals surface area contributed by atoms with Gasteiger partial charge in [0, 0.05) is 25.1 Å². The highest BCUT2D eigenvalue weighted by atomic mass is 32.2. The average molecular weight is 675 g/mol. The number of aryl methyl sites for hydroxylation is 1. The van der Waals surface area contributed by atoms with Crippen LogP contribution >= 0.6 is 11.8 Å². The minimum absolute atomic E-state index is 0.0587. The molecular formula is C29H34F4N4O6S2. The first-order valence-corrected chi connectivity index (χ1v) is 16.4. The number of aromatic nitrogens is 2. The number of carbonyl (C=O) groups is 2. The van der Waals surface area contributed by atoms with E-state index in [9.17, 15) is 40.7 Å². The van der Waals surface area contributed by atoms with E-state index in [2.05, 4.69) is 10.3 Å². The third-order valence-corrected chi connectivity index (χ3v) is 9.09. The fraction of sp³-hybridized carbons (Fsp3) is 0.414. The van der Waals surface area contributed by atoms with Gasteiger partial charge in [-0.3, -0.25) is 0 Å². The monoisotopic (exact) mass is 674 g/mol. The van der Waals surface area contributed by atoms with Crippen molar-refractivity contribution in [2.24, 2.45) is 0 Å². The zero-order valence-electron chi connectivity index (χ0n) is 24.5. The molecule has 4 N–H and O–H groups in total. The number of alkyl halides is 4. The number of nitrogens with zero attached hydrogens (tertiary/aromatic N) is 2. The minimum Gasteiger partial charge on any atom is -0.476 e. The molecule has 1 heterocycles. The number of aliphatic hydroxyl groups excluding tert-OH is 1. The van der Waals surface area contributed by atoms with Crippen LogP contribution in [-0.2, 0) is 23.0 Å². The molecule has 0 fully saturated rings. The maximum atomic E-state index is 14.1. The van der Waals surface area contributed by atoms with Crippen LogP contribution in [0.25, 0.3) is 11.1 Å². The molecule has 3 aromatic rings. The van der Waals surface area contributed by atoms with Crippen LogP contribution in [0, 0.1) is 0 Å². The van der Waals surface area contributed by atoms with Crippen molar-refractivity contribution in [2.75, 3.05) is 18.9 Å². The molecule has 0 aliphatic rings. The normalized spacial score (nSPS) is 12.2. The number of urea groups is 1. The van der Waals surface area contributed by atoms with E-state index in [0.717, 1.165) is 0 Å². The first-order valence-electron chi connectivity index (χ1n) is 14.0. The predicted molar refractivity (Wildman–Crippen MR) is 160 cm³/mol. The molecule has 16 heteroatoms. The number of hydrogen-bond acceptors (Lipinski definition) is 7. The van der Waals surface area contributed by atoms with Gasteiger partial charge in [0.2, 0.25) is 0 Å². The lowest BCUT2D eigenvalue weighted by Gasteiger charge is -2.24. The van der Waals surface area contributed by atoms with E-state index < -0.39 is 51.9 Å². The first-order chi connectivity index (χ1) is 21.2. The number of nitrogens with one attached hydrogen (secondary N) is 2. The Morgan fingerprint density at radius 3 is 2.27 bits per heavy atom. The second kappa shape index (κ2) is 15.1. The van der Waals surface area contributed by atoms with E-state index >= 15 is 0 Å². The second-order valence-electron chi connectivity index (χ2n) is 10.1.